The van der Waals surface area contributed by atoms with Gasteiger partial charge in [0.25, 0.3) is 0 Å². The maximum absolute atomic E-state index is 14.3. The number of fused-ring (bicyclic) bond motifs is 1. The van der Waals surface area contributed by atoms with Gasteiger partial charge in [0.1, 0.15) is 11.8 Å². The Hall–Kier alpha value is -2.12. The molecule has 1 N–H and O–H groups in total. The minimum Gasteiger partial charge on any atom is -0.456 e. The summed E-state index contributed by atoms with van der Waals surface area (Å²) in [6.45, 7) is 5.34. The molecule has 0 spiro atoms. The zero-order valence-electron chi connectivity index (χ0n) is 15.8. The van der Waals surface area contributed by atoms with E-state index in [9.17, 15) is 19.1 Å². The summed E-state index contributed by atoms with van der Waals surface area (Å²) in [5, 5.41) is 10.9. The molecule has 1 heterocycles. The molecule has 0 bridgehead atoms. The van der Waals surface area contributed by atoms with Gasteiger partial charge in [0, 0.05) is 29.1 Å². The van der Waals surface area contributed by atoms with Gasteiger partial charge in [0.2, 0.25) is 0 Å². The van der Waals surface area contributed by atoms with E-state index in [4.69, 9.17) is 4.74 Å². The van der Waals surface area contributed by atoms with Gasteiger partial charge >= 0.3 is 5.97 Å². The molecule has 148 valence electrons. The highest BCUT2D eigenvalue weighted by molar-refractivity contribution is 9.10. The van der Waals surface area contributed by atoms with E-state index in [2.05, 4.69) is 20.9 Å². The molecule has 7 heteroatoms. The normalized spacial score (nSPS) is 21.3. The van der Waals surface area contributed by atoms with Crippen molar-refractivity contribution in [2.75, 3.05) is 0 Å². The van der Waals surface area contributed by atoms with E-state index in [1.807, 2.05) is 0 Å². The van der Waals surface area contributed by atoms with Crippen molar-refractivity contribution in [2.24, 2.45) is 0 Å². The molecule has 0 fully saturated rings. The summed E-state index contributed by atoms with van der Waals surface area (Å²) >= 11 is 3.22. The summed E-state index contributed by atoms with van der Waals surface area (Å²) < 4.78 is 20.2. The molecule has 1 aliphatic carbocycles. The van der Waals surface area contributed by atoms with Crippen LogP contribution in [0.3, 0.4) is 0 Å². The number of pyridine rings is 1. The van der Waals surface area contributed by atoms with Gasteiger partial charge in [-0.05, 0) is 60.5 Å². The molecule has 5 nitrogen and oxygen atoms in total. The number of alkyl halides is 1. The topological polar surface area (TPSA) is 76.5 Å². The monoisotopic (exact) mass is 449 g/mol. The fourth-order valence-electron chi connectivity index (χ4n) is 3.18. The number of halogens is 2. The Labute approximate surface area is 171 Å². The average molecular weight is 450 g/mol. The van der Waals surface area contributed by atoms with Crippen LogP contribution < -0.4 is 0 Å². The summed E-state index contributed by atoms with van der Waals surface area (Å²) in [5.74, 6) is -0.988. The van der Waals surface area contributed by atoms with Crippen molar-refractivity contribution in [2.45, 2.75) is 51.0 Å². The third kappa shape index (κ3) is 4.15. The number of Topliss-reactive ketones (excluding diaryl/α,β-unsaturated/α-hetero) is 1. The van der Waals surface area contributed by atoms with Crippen LogP contribution in [0.25, 0.3) is 0 Å². The lowest BCUT2D eigenvalue weighted by Gasteiger charge is -2.21. The average Bonchev–Trinajstić information content (AvgIpc) is 2.85. The van der Waals surface area contributed by atoms with Crippen LogP contribution in [0.15, 0.2) is 41.0 Å². The number of hydrogen-bond donors (Lipinski definition) is 1. The molecular weight excluding hydrogens is 429 g/mol. The quantitative estimate of drug-likeness (QED) is 0.707. The van der Waals surface area contributed by atoms with E-state index in [-0.39, 0.29) is 24.1 Å². The van der Waals surface area contributed by atoms with Gasteiger partial charge in [-0.2, -0.15) is 0 Å². The summed E-state index contributed by atoms with van der Waals surface area (Å²) in [4.78, 5) is 28.9. The van der Waals surface area contributed by atoms with E-state index < -0.39 is 29.1 Å². The Morgan fingerprint density at radius 2 is 1.96 bits per heavy atom. The van der Waals surface area contributed by atoms with E-state index in [0.29, 0.717) is 15.6 Å². The second-order valence-electron chi connectivity index (χ2n) is 7.92. The largest absolute Gasteiger partial charge is 0.456 e. The fraction of sp³-hybridized carbons (Fsp3) is 0.381. The number of nitrogens with zero attached hydrogens (tertiary/aromatic N) is 1. The lowest BCUT2D eigenvalue weighted by atomic mass is 9.90. The predicted molar refractivity (Wildman–Crippen MR) is 105 cm³/mol. The van der Waals surface area contributed by atoms with Crippen LogP contribution in [0.1, 0.15) is 60.5 Å². The van der Waals surface area contributed by atoms with Crippen molar-refractivity contribution in [1.82, 2.24) is 4.98 Å². The van der Waals surface area contributed by atoms with Crippen molar-refractivity contribution in [3.05, 3.63) is 63.4 Å². The minimum absolute atomic E-state index is 0.0681. The molecular formula is C21H21BrFNO4. The summed E-state index contributed by atoms with van der Waals surface area (Å²) in [6.07, 6.45) is -0.469. The van der Waals surface area contributed by atoms with Gasteiger partial charge in [0.05, 0.1) is 11.3 Å². The van der Waals surface area contributed by atoms with Crippen LogP contribution in [0.5, 0.6) is 0 Å². The van der Waals surface area contributed by atoms with Crippen LogP contribution >= 0.6 is 15.9 Å². The number of carbonyl (C=O) groups is 2. The van der Waals surface area contributed by atoms with E-state index in [1.54, 1.807) is 45.0 Å². The maximum atomic E-state index is 14.3. The molecule has 2 atom stereocenters. The highest BCUT2D eigenvalue weighted by Gasteiger charge is 2.49. The summed E-state index contributed by atoms with van der Waals surface area (Å²) in [6, 6.07) is 7.91. The Bertz CT molecular complexity index is 923. The first-order valence-corrected chi connectivity index (χ1v) is 9.67. The van der Waals surface area contributed by atoms with Gasteiger partial charge in [0.15, 0.2) is 11.4 Å². The molecule has 1 aromatic heterocycles. The molecule has 0 saturated carbocycles. The lowest BCUT2D eigenvalue weighted by molar-refractivity contribution is -0.139. The van der Waals surface area contributed by atoms with Gasteiger partial charge < -0.3 is 9.84 Å². The molecule has 2 unspecified atom stereocenters. The first-order valence-electron chi connectivity index (χ1n) is 8.87. The highest BCUT2D eigenvalue weighted by atomic mass is 79.9. The number of ether oxygens (including phenoxy) is 1. The van der Waals surface area contributed by atoms with Crippen molar-refractivity contribution in [1.29, 1.82) is 0 Å². The number of hydrogen-bond acceptors (Lipinski definition) is 5. The first kappa shape index (κ1) is 20.6. The van der Waals surface area contributed by atoms with Crippen molar-refractivity contribution < 1.29 is 23.8 Å². The SMILES string of the molecule is CC(C)(C)OC(=O)c1ccc(CC(=O)C2(O)CC(F)c3cc(Br)cnc32)cc1. The molecule has 1 aliphatic rings. The molecule has 0 saturated heterocycles. The highest BCUT2D eigenvalue weighted by Crippen LogP contribution is 2.45. The lowest BCUT2D eigenvalue weighted by Crippen LogP contribution is -2.35. The Morgan fingerprint density at radius 3 is 2.57 bits per heavy atom. The smallest absolute Gasteiger partial charge is 0.338 e. The number of rotatable bonds is 4. The minimum atomic E-state index is -1.96. The number of carbonyl (C=O) groups excluding carboxylic acids is 2. The maximum Gasteiger partial charge on any atom is 0.338 e. The van der Waals surface area contributed by atoms with Crippen LogP contribution in [0, 0.1) is 0 Å². The first-order chi connectivity index (χ1) is 13.0. The zero-order valence-corrected chi connectivity index (χ0v) is 17.4. The van der Waals surface area contributed by atoms with E-state index >= 15 is 0 Å². The third-order valence-electron chi connectivity index (χ3n) is 4.50. The van der Waals surface area contributed by atoms with Crippen LogP contribution in [0.4, 0.5) is 4.39 Å². The van der Waals surface area contributed by atoms with Crippen LogP contribution in [-0.4, -0.2) is 27.4 Å². The van der Waals surface area contributed by atoms with Crippen molar-refractivity contribution in [3.8, 4) is 0 Å². The number of aliphatic hydroxyl groups is 1. The van der Waals surface area contributed by atoms with Crippen LogP contribution in [-0.2, 0) is 21.6 Å². The van der Waals surface area contributed by atoms with Crippen LogP contribution in [0.2, 0.25) is 0 Å². The fourth-order valence-corrected chi connectivity index (χ4v) is 3.53. The predicted octanol–water partition coefficient (Wildman–Crippen LogP) is 4.21. The molecule has 2 aromatic rings. The molecule has 0 amide bonds. The second-order valence-corrected chi connectivity index (χ2v) is 8.84. The molecule has 3 rings (SSSR count). The van der Waals surface area contributed by atoms with E-state index in [0.717, 1.165) is 0 Å². The number of esters is 1. The van der Waals surface area contributed by atoms with Crippen molar-refractivity contribution >= 4 is 27.7 Å². The van der Waals surface area contributed by atoms with Gasteiger partial charge in [-0.1, -0.05) is 12.1 Å². The van der Waals surface area contributed by atoms with Gasteiger partial charge in [-0.15, -0.1) is 0 Å². The Morgan fingerprint density at radius 1 is 1.32 bits per heavy atom. The second kappa shape index (κ2) is 7.37. The molecule has 0 aliphatic heterocycles. The Balaban J connectivity index is 1.76. The Kier molecular flexibility index (Phi) is 5.42. The standard InChI is InChI=1S/C21H21BrFNO4/c1-20(2,3)28-19(26)13-6-4-12(5-7-13)8-17(25)21(27)10-16(23)15-9-14(22)11-24-18(15)21/h4-7,9,11,16,27H,8,10H2,1-3H3. The molecule has 28 heavy (non-hydrogen) atoms. The number of benzene rings is 1. The zero-order chi connectivity index (χ0) is 20.7. The third-order valence-corrected chi connectivity index (χ3v) is 4.94. The van der Waals surface area contributed by atoms with E-state index in [1.165, 1.54) is 12.3 Å². The number of ketones is 1. The van der Waals surface area contributed by atoms with Gasteiger partial charge in [-0.25, -0.2) is 9.18 Å². The molecule has 1 aromatic carbocycles. The number of aromatic nitrogens is 1. The summed E-state index contributed by atoms with van der Waals surface area (Å²) in [5.41, 5.74) is -1.29. The van der Waals surface area contributed by atoms with Crippen molar-refractivity contribution in [3.63, 3.8) is 0 Å². The molecule has 0 radical (unpaired) electrons. The summed E-state index contributed by atoms with van der Waals surface area (Å²) in [7, 11) is 0. The van der Waals surface area contributed by atoms with Gasteiger partial charge in [-0.3, -0.25) is 9.78 Å².